The van der Waals surface area contributed by atoms with Crippen molar-refractivity contribution in [3.8, 4) is 5.75 Å². The number of carbonyl (C=O) groups excluding carboxylic acids is 1. The predicted molar refractivity (Wildman–Crippen MR) is 112 cm³/mol. The maximum absolute atomic E-state index is 12.6. The molecule has 142 valence electrons. The lowest BCUT2D eigenvalue weighted by atomic mass is 10.1. The van der Waals surface area contributed by atoms with Crippen molar-refractivity contribution in [1.29, 1.82) is 0 Å². The fourth-order valence-electron chi connectivity index (χ4n) is 2.68. The Morgan fingerprint density at radius 2 is 2.04 bits per heavy atom. The van der Waals surface area contributed by atoms with E-state index in [1.165, 1.54) is 11.3 Å². The van der Waals surface area contributed by atoms with Crippen LogP contribution in [0, 0.1) is 13.8 Å². The minimum Gasteiger partial charge on any atom is -0.479 e. The molecule has 4 N–H and O–H groups in total. The molecule has 3 rings (SSSR count). The summed E-state index contributed by atoms with van der Waals surface area (Å²) in [6.45, 7) is 5.51. The molecule has 1 aromatic heterocycles. The van der Waals surface area contributed by atoms with Crippen molar-refractivity contribution in [2.45, 2.75) is 26.9 Å². The summed E-state index contributed by atoms with van der Waals surface area (Å²) in [5.41, 5.74) is 5.95. The van der Waals surface area contributed by atoms with Gasteiger partial charge in [0.1, 0.15) is 5.75 Å². The molecule has 27 heavy (non-hydrogen) atoms. The second kappa shape index (κ2) is 7.90. The van der Waals surface area contributed by atoms with Crippen molar-refractivity contribution in [2.24, 2.45) is 5.84 Å². The summed E-state index contributed by atoms with van der Waals surface area (Å²) >= 11 is 13.4. The number of rotatable bonds is 5. The number of nitrogens with two attached hydrogens (primary N) is 1. The van der Waals surface area contributed by atoms with Crippen LogP contribution in [0.25, 0.3) is 10.2 Å². The number of hydrazine groups is 1. The Bertz CT molecular complexity index is 1020. The third kappa shape index (κ3) is 4.11. The Morgan fingerprint density at radius 3 is 2.70 bits per heavy atom. The molecule has 0 radical (unpaired) electrons. The van der Waals surface area contributed by atoms with E-state index in [4.69, 9.17) is 33.8 Å². The minimum absolute atomic E-state index is 0.284. The van der Waals surface area contributed by atoms with Gasteiger partial charge in [-0.2, -0.15) is 0 Å². The van der Waals surface area contributed by atoms with E-state index in [0.29, 0.717) is 20.9 Å². The second-order valence-corrected chi connectivity index (χ2v) is 7.87. The largest absolute Gasteiger partial charge is 0.479 e. The van der Waals surface area contributed by atoms with Crippen LogP contribution in [0.3, 0.4) is 0 Å². The molecule has 1 heterocycles. The number of aromatic nitrogens is 1. The number of fused-ring (bicyclic) bond motifs is 1. The molecule has 9 heteroatoms. The number of hydrogen-bond donors (Lipinski definition) is 3. The number of halogens is 2. The van der Waals surface area contributed by atoms with Crippen LogP contribution in [-0.2, 0) is 4.79 Å². The minimum atomic E-state index is -0.749. The zero-order chi connectivity index (χ0) is 19.7. The second-order valence-electron chi connectivity index (χ2n) is 6.03. The highest BCUT2D eigenvalue weighted by Gasteiger charge is 2.20. The molecule has 0 fully saturated rings. The van der Waals surface area contributed by atoms with E-state index in [0.717, 1.165) is 27.0 Å². The number of anilines is 2. The highest BCUT2D eigenvalue weighted by Crippen LogP contribution is 2.35. The van der Waals surface area contributed by atoms with Gasteiger partial charge in [0.05, 0.1) is 15.2 Å². The van der Waals surface area contributed by atoms with E-state index in [2.05, 4.69) is 15.7 Å². The molecular formula is C18H18Cl2N4O2S. The van der Waals surface area contributed by atoms with E-state index >= 15 is 0 Å². The van der Waals surface area contributed by atoms with Crippen LogP contribution in [-0.4, -0.2) is 17.0 Å². The summed E-state index contributed by atoms with van der Waals surface area (Å²) in [4.78, 5) is 17.0. The molecule has 6 nitrogen and oxygen atoms in total. The smallest absolute Gasteiger partial charge is 0.265 e. The summed E-state index contributed by atoms with van der Waals surface area (Å²) in [5.74, 6) is 5.56. The number of thiazole rings is 1. The topological polar surface area (TPSA) is 89.3 Å². The quantitative estimate of drug-likeness (QED) is 0.399. The third-order valence-electron chi connectivity index (χ3n) is 4.06. The molecule has 0 unspecified atom stereocenters. The lowest BCUT2D eigenvalue weighted by molar-refractivity contribution is -0.122. The highest BCUT2D eigenvalue weighted by molar-refractivity contribution is 7.22. The molecule has 0 spiro atoms. The van der Waals surface area contributed by atoms with Crippen LogP contribution >= 0.6 is 34.5 Å². The number of aryl methyl sites for hydroxylation is 2. The fraction of sp³-hybridized carbons (Fsp3) is 0.222. The average Bonchev–Trinajstić information content (AvgIpc) is 3.04. The molecule has 3 aromatic rings. The number of nitrogens with one attached hydrogen (secondary N) is 2. The first kappa shape index (κ1) is 19.7. The van der Waals surface area contributed by atoms with Crippen LogP contribution in [0.2, 0.25) is 10.0 Å². The molecular weight excluding hydrogens is 407 g/mol. The number of ether oxygens (including phenoxy) is 1. The van der Waals surface area contributed by atoms with E-state index in [1.807, 2.05) is 19.9 Å². The van der Waals surface area contributed by atoms with E-state index in [-0.39, 0.29) is 5.91 Å². The van der Waals surface area contributed by atoms with Crippen LogP contribution in [0.4, 0.5) is 10.8 Å². The molecule has 2 aromatic carbocycles. The van der Waals surface area contributed by atoms with Gasteiger partial charge in [-0.3, -0.25) is 10.2 Å². The Labute approximate surface area is 170 Å². The van der Waals surface area contributed by atoms with Crippen molar-refractivity contribution in [3.05, 3.63) is 45.4 Å². The molecule has 0 bridgehead atoms. The van der Waals surface area contributed by atoms with Crippen molar-refractivity contribution >= 4 is 61.5 Å². The SMILES string of the molecule is Cc1cc2nc(NN)sc2c(C)c1NC(=O)[C@H](C)Oc1ccc(Cl)cc1Cl. The maximum Gasteiger partial charge on any atom is 0.265 e. The van der Waals surface area contributed by atoms with Crippen molar-refractivity contribution in [1.82, 2.24) is 4.98 Å². The molecule has 1 amide bonds. The van der Waals surface area contributed by atoms with Gasteiger partial charge < -0.3 is 10.1 Å². The number of nitrogen functional groups attached to an aromatic ring is 1. The number of nitrogens with zero attached hydrogens (tertiary/aromatic N) is 1. The van der Waals surface area contributed by atoms with Crippen LogP contribution in [0.15, 0.2) is 24.3 Å². The lowest BCUT2D eigenvalue weighted by Gasteiger charge is -2.18. The normalized spacial score (nSPS) is 12.1. The zero-order valence-corrected chi connectivity index (χ0v) is 17.2. The monoisotopic (exact) mass is 424 g/mol. The summed E-state index contributed by atoms with van der Waals surface area (Å²) < 4.78 is 6.64. The molecule has 0 saturated heterocycles. The van der Waals surface area contributed by atoms with Gasteiger partial charge in [0, 0.05) is 10.7 Å². The van der Waals surface area contributed by atoms with Crippen molar-refractivity contribution in [3.63, 3.8) is 0 Å². The Hall–Kier alpha value is -2.06. The standard InChI is InChI=1S/C18H18Cl2N4O2S/c1-8-6-13-16(27-18(22-13)24-21)9(2)15(8)23-17(25)10(3)26-14-5-4-11(19)7-12(14)20/h4-7,10H,21H2,1-3H3,(H,22,24)(H,23,25)/t10-/m0/s1. The van der Waals surface area contributed by atoms with Crippen molar-refractivity contribution < 1.29 is 9.53 Å². The van der Waals surface area contributed by atoms with E-state index in [1.54, 1.807) is 25.1 Å². The Morgan fingerprint density at radius 1 is 1.30 bits per heavy atom. The van der Waals surface area contributed by atoms with Gasteiger partial charge >= 0.3 is 0 Å². The van der Waals surface area contributed by atoms with Gasteiger partial charge in [-0.15, -0.1) is 0 Å². The summed E-state index contributed by atoms with van der Waals surface area (Å²) in [5, 5.41) is 4.41. The van der Waals surface area contributed by atoms with Crippen LogP contribution in [0.5, 0.6) is 5.75 Å². The first-order valence-corrected chi connectivity index (χ1v) is 9.67. The number of carbonyl (C=O) groups is 1. The summed E-state index contributed by atoms with van der Waals surface area (Å²) in [6.07, 6.45) is -0.749. The molecule has 1 atom stereocenters. The van der Waals surface area contributed by atoms with Crippen LogP contribution < -0.4 is 21.3 Å². The Balaban J connectivity index is 1.82. The summed E-state index contributed by atoms with van der Waals surface area (Å²) in [6, 6.07) is 6.77. The highest BCUT2D eigenvalue weighted by atomic mass is 35.5. The molecule has 0 aliphatic rings. The number of amides is 1. The maximum atomic E-state index is 12.6. The van der Waals surface area contributed by atoms with Gasteiger partial charge in [0.2, 0.25) is 0 Å². The fourth-order valence-corrected chi connectivity index (χ4v) is 3.99. The number of benzene rings is 2. The zero-order valence-electron chi connectivity index (χ0n) is 14.9. The van der Waals surface area contributed by atoms with Crippen LogP contribution in [0.1, 0.15) is 18.1 Å². The third-order valence-corrected chi connectivity index (χ3v) is 5.71. The molecule has 0 aliphatic heterocycles. The van der Waals surface area contributed by atoms with Gasteiger partial charge in [-0.1, -0.05) is 34.5 Å². The number of hydrogen-bond acceptors (Lipinski definition) is 6. The van der Waals surface area contributed by atoms with Gasteiger partial charge in [0.25, 0.3) is 5.91 Å². The van der Waals surface area contributed by atoms with Gasteiger partial charge in [-0.05, 0) is 56.2 Å². The van der Waals surface area contributed by atoms with E-state index in [9.17, 15) is 4.79 Å². The van der Waals surface area contributed by atoms with Gasteiger partial charge in [0.15, 0.2) is 11.2 Å². The first-order chi connectivity index (χ1) is 12.8. The molecule has 0 aliphatic carbocycles. The Kier molecular flexibility index (Phi) is 5.76. The predicted octanol–water partition coefficient (Wildman–Crippen LogP) is 4.91. The van der Waals surface area contributed by atoms with Crippen molar-refractivity contribution in [2.75, 3.05) is 10.7 Å². The van der Waals surface area contributed by atoms with E-state index < -0.39 is 6.10 Å². The summed E-state index contributed by atoms with van der Waals surface area (Å²) in [7, 11) is 0. The van der Waals surface area contributed by atoms with Gasteiger partial charge in [-0.25, -0.2) is 10.8 Å². The lowest BCUT2D eigenvalue weighted by Crippen LogP contribution is -2.30. The molecule has 0 saturated carbocycles. The first-order valence-electron chi connectivity index (χ1n) is 8.10. The average molecular weight is 425 g/mol.